The van der Waals surface area contributed by atoms with Gasteiger partial charge in [-0.05, 0) is 74.5 Å². The molecule has 4 saturated carbocycles. The lowest BCUT2D eigenvalue weighted by Crippen LogP contribution is -2.59. The first-order valence-electron chi connectivity index (χ1n) is 14.1. The predicted octanol–water partition coefficient (Wildman–Crippen LogP) is 4.96. The number of carbonyl (C=O) groups is 2. The Morgan fingerprint density at radius 3 is 2.15 bits per heavy atom. The number of rotatable bonds is 5. The van der Waals surface area contributed by atoms with E-state index in [4.69, 9.17) is 0 Å². The van der Waals surface area contributed by atoms with Crippen molar-refractivity contribution in [3.8, 4) is 0 Å². The van der Waals surface area contributed by atoms with Crippen LogP contribution in [0.25, 0.3) is 0 Å². The van der Waals surface area contributed by atoms with Crippen LogP contribution in [0.4, 0.5) is 0 Å². The van der Waals surface area contributed by atoms with E-state index in [-0.39, 0.29) is 52.9 Å². The molecule has 0 aromatic rings. The molecule has 0 spiro atoms. The molecule has 33 heavy (non-hydrogen) atoms. The maximum atomic E-state index is 13.1. The minimum atomic E-state index is -0.486. The van der Waals surface area contributed by atoms with Crippen LogP contribution >= 0.6 is 0 Å². The van der Waals surface area contributed by atoms with Gasteiger partial charge < -0.3 is 15.7 Å². The molecule has 1 unspecified atom stereocenters. The molecule has 0 aliphatic heterocycles. The molecule has 2 amide bonds. The number of aliphatic hydroxyl groups excluding tert-OH is 1. The highest BCUT2D eigenvalue weighted by Crippen LogP contribution is 2.55. The first kappa shape index (κ1) is 25.0. The molecule has 0 heterocycles. The van der Waals surface area contributed by atoms with Gasteiger partial charge in [0.15, 0.2) is 0 Å². The van der Waals surface area contributed by atoms with Crippen LogP contribution in [0.2, 0.25) is 0 Å². The first-order chi connectivity index (χ1) is 15.8. The van der Waals surface area contributed by atoms with Crippen molar-refractivity contribution in [3.63, 3.8) is 0 Å². The van der Waals surface area contributed by atoms with Crippen molar-refractivity contribution >= 4 is 11.8 Å². The van der Waals surface area contributed by atoms with Crippen molar-refractivity contribution in [1.29, 1.82) is 0 Å². The number of aliphatic hydroxyl groups is 1. The fraction of sp³-hybridized carbons (Fsp3) is 0.929. The van der Waals surface area contributed by atoms with Gasteiger partial charge >= 0.3 is 0 Å². The molecule has 4 aliphatic rings. The maximum absolute atomic E-state index is 13.1. The van der Waals surface area contributed by atoms with Gasteiger partial charge in [-0.25, -0.2) is 0 Å². The molecule has 0 bridgehead atoms. The number of amides is 2. The molecule has 5 nitrogen and oxygen atoms in total. The van der Waals surface area contributed by atoms with Crippen molar-refractivity contribution in [2.45, 2.75) is 129 Å². The second-order valence-electron chi connectivity index (χ2n) is 12.4. The Labute approximate surface area is 201 Å². The number of carbonyl (C=O) groups excluding carboxylic acids is 2. The summed E-state index contributed by atoms with van der Waals surface area (Å²) >= 11 is 0. The third-order valence-electron chi connectivity index (χ3n) is 10.2. The summed E-state index contributed by atoms with van der Waals surface area (Å²) in [7, 11) is 0. The van der Waals surface area contributed by atoms with E-state index in [2.05, 4.69) is 24.5 Å². The summed E-state index contributed by atoms with van der Waals surface area (Å²) in [5.41, 5.74) is 0.0982. The van der Waals surface area contributed by atoms with Gasteiger partial charge in [-0.2, -0.15) is 0 Å². The van der Waals surface area contributed by atoms with Gasteiger partial charge in [-0.1, -0.05) is 59.3 Å². The summed E-state index contributed by atoms with van der Waals surface area (Å²) in [5.74, 6) is 0.719. The molecule has 0 aromatic carbocycles. The van der Waals surface area contributed by atoms with Crippen LogP contribution in [-0.4, -0.2) is 35.1 Å². The highest BCUT2D eigenvalue weighted by Gasteiger charge is 2.54. The molecular weight excluding hydrogens is 412 g/mol. The van der Waals surface area contributed by atoms with Crippen molar-refractivity contribution < 1.29 is 14.7 Å². The van der Waals surface area contributed by atoms with Crippen molar-refractivity contribution in [1.82, 2.24) is 10.6 Å². The van der Waals surface area contributed by atoms with E-state index >= 15 is 0 Å². The zero-order valence-electron chi connectivity index (χ0n) is 21.3. The zero-order valence-corrected chi connectivity index (χ0v) is 21.3. The van der Waals surface area contributed by atoms with Crippen LogP contribution in [0.3, 0.4) is 0 Å². The standard InChI is InChI=1S/C28H48N2O3/c1-18(26(32)29-21-12-8-5-9-13-21)22-14-16-28(3)17-15-23(19(2)24(28)25(22)31)30-27(33)20-10-6-4-7-11-20/h18-25,31H,4-17H2,1-3H3,(H,29,32)(H,30,33)/t18-,19+,22?,23-,24+,25-,28-/m0/s1. The van der Waals surface area contributed by atoms with Crippen molar-refractivity contribution in [2.75, 3.05) is 0 Å². The second-order valence-corrected chi connectivity index (χ2v) is 12.4. The van der Waals surface area contributed by atoms with Gasteiger partial charge in [0.25, 0.3) is 0 Å². The van der Waals surface area contributed by atoms with Gasteiger partial charge in [0.2, 0.25) is 11.8 Å². The Morgan fingerprint density at radius 1 is 0.879 bits per heavy atom. The Morgan fingerprint density at radius 2 is 1.48 bits per heavy atom. The van der Waals surface area contributed by atoms with E-state index < -0.39 is 6.10 Å². The van der Waals surface area contributed by atoms with Crippen molar-refractivity contribution in [2.24, 2.45) is 35.0 Å². The summed E-state index contributed by atoms with van der Waals surface area (Å²) < 4.78 is 0. The lowest BCUT2D eigenvalue weighted by atomic mass is 9.51. The maximum Gasteiger partial charge on any atom is 0.223 e. The summed E-state index contributed by atoms with van der Waals surface area (Å²) in [6, 6.07) is 0.449. The third kappa shape index (κ3) is 5.44. The Hall–Kier alpha value is -1.10. The molecule has 0 radical (unpaired) electrons. The van der Waals surface area contributed by atoms with Crippen molar-refractivity contribution in [3.05, 3.63) is 0 Å². The van der Waals surface area contributed by atoms with Gasteiger partial charge in [0.05, 0.1) is 6.10 Å². The van der Waals surface area contributed by atoms with Gasteiger partial charge in [-0.15, -0.1) is 0 Å². The molecule has 4 aliphatic carbocycles. The number of nitrogens with one attached hydrogen (secondary N) is 2. The van der Waals surface area contributed by atoms with Crippen LogP contribution in [0.15, 0.2) is 0 Å². The normalized spacial score (nSPS) is 39.3. The quantitative estimate of drug-likeness (QED) is 0.543. The third-order valence-corrected chi connectivity index (χ3v) is 10.2. The fourth-order valence-corrected chi connectivity index (χ4v) is 7.94. The minimum absolute atomic E-state index is 0.00177. The van der Waals surface area contributed by atoms with E-state index in [1.54, 1.807) is 0 Å². The zero-order chi connectivity index (χ0) is 23.6. The van der Waals surface area contributed by atoms with E-state index in [1.165, 1.54) is 38.5 Å². The second kappa shape index (κ2) is 10.7. The Bertz CT molecular complexity index is 685. The molecule has 7 atom stereocenters. The van der Waals surface area contributed by atoms with Crippen LogP contribution in [0, 0.1) is 35.0 Å². The number of hydrogen-bond acceptors (Lipinski definition) is 3. The van der Waals surface area contributed by atoms with Crippen LogP contribution in [-0.2, 0) is 9.59 Å². The average Bonchev–Trinajstić information content (AvgIpc) is 2.82. The van der Waals surface area contributed by atoms with Gasteiger partial charge in [-0.3, -0.25) is 9.59 Å². The highest BCUT2D eigenvalue weighted by molar-refractivity contribution is 5.79. The fourth-order valence-electron chi connectivity index (χ4n) is 7.94. The largest absolute Gasteiger partial charge is 0.392 e. The Balaban J connectivity index is 1.40. The summed E-state index contributed by atoms with van der Waals surface area (Å²) in [4.78, 5) is 26.0. The molecule has 4 rings (SSSR count). The van der Waals surface area contributed by atoms with Crippen LogP contribution < -0.4 is 10.6 Å². The average molecular weight is 461 g/mol. The smallest absolute Gasteiger partial charge is 0.223 e. The molecule has 0 saturated heterocycles. The number of fused-ring (bicyclic) bond motifs is 1. The minimum Gasteiger partial charge on any atom is -0.392 e. The van der Waals surface area contributed by atoms with E-state index in [1.807, 2.05) is 6.92 Å². The highest BCUT2D eigenvalue weighted by atomic mass is 16.3. The van der Waals surface area contributed by atoms with Crippen LogP contribution in [0.5, 0.6) is 0 Å². The number of hydrogen-bond donors (Lipinski definition) is 3. The molecule has 0 aromatic heterocycles. The van der Waals surface area contributed by atoms with Gasteiger partial charge in [0.1, 0.15) is 0 Å². The summed E-state index contributed by atoms with van der Waals surface area (Å²) in [5, 5.41) is 18.3. The first-order valence-corrected chi connectivity index (χ1v) is 14.1. The van der Waals surface area contributed by atoms with Gasteiger partial charge in [0, 0.05) is 23.9 Å². The van der Waals surface area contributed by atoms with E-state index in [9.17, 15) is 14.7 Å². The summed E-state index contributed by atoms with van der Waals surface area (Å²) in [6.07, 6.45) is 15.0. The van der Waals surface area contributed by atoms with E-state index in [0.29, 0.717) is 6.04 Å². The molecule has 5 heteroatoms. The molecular formula is C28H48N2O3. The predicted molar refractivity (Wildman–Crippen MR) is 131 cm³/mol. The lowest BCUT2D eigenvalue weighted by Gasteiger charge is -2.56. The topological polar surface area (TPSA) is 78.4 Å². The summed E-state index contributed by atoms with van der Waals surface area (Å²) in [6.45, 7) is 6.58. The molecule has 4 fully saturated rings. The molecule has 188 valence electrons. The lowest BCUT2D eigenvalue weighted by molar-refractivity contribution is -0.145. The Kier molecular flexibility index (Phi) is 8.08. The van der Waals surface area contributed by atoms with Crippen LogP contribution in [0.1, 0.15) is 111 Å². The van der Waals surface area contributed by atoms with E-state index in [0.717, 1.165) is 51.4 Å². The monoisotopic (exact) mass is 460 g/mol. The molecule has 3 N–H and O–H groups in total. The SMILES string of the molecule is C[C@H]1[C@@H]2[C@@H](O)C([C@H](C)C(=O)NC3CCCCC3)CC[C@@]2(C)CC[C@@H]1NC(=O)C1CCCCC1.